The molecule has 0 spiro atoms. The van der Waals surface area contributed by atoms with Gasteiger partial charge in [-0.3, -0.25) is 0 Å². The van der Waals surface area contributed by atoms with Crippen LogP contribution in [0.3, 0.4) is 0 Å². The van der Waals surface area contributed by atoms with Gasteiger partial charge in [-0.05, 0) is 50.3 Å². The molecule has 2 rings (SSSR count). The minimum absolute atomic E-state index is 0.197. The molecule has 0 bridgehead atoms. The fourth-order valence-corrected chi connectivity index (χ4v) is 2.41. The Kier molecular flexibility index (Phi) is 4.32. The molecule has 0 aliphatic rings. The van der Waals surface area contributed by atoms with E-state index in [-0.39, 0.29) is 6.61 Å². The highest BCUT2D eigenvalue weighted by Crippen LogP contribution is 2.17. The van der Waals surface area contributed by atoms with Crippen molar-refractivity contribution in [2.24, 2.45) is 0 Å². The molecule has 0 unspecified atom stereocenters. The fourth-order valence-electron chi connectivity index (χ4n) is 2.41. The zero-order valence-corrected chi connectivity index (χ0v) is 11.8. The van der Waals surface area contributed by atoms with E-state index in [0.29, 0.717) is 0 Å². The van der Waals surface area contributed by atoms with Crippen LogP contribution >= 0.6 is 0 Å². The number of rotatable bonds is 5. The zero-order valence-electron chi connectivity index (χ0n) is 11.8. The molecule has 0 fully saturated rings. The second-order valence-corrected chi connectivity index (χ2v) is 5.11. The van der Waals surface area contributed by atoms with Gasteiger partial charge in [0.05, 0.1) is 12.2 Å². The van der Waals surface area contributed by atoms with Gasteiger partial charge in [-0.15, -0.1) is 5.10 Å². The largest absolute Gasteiger partial charge is 0.396 e. The van der Waals surface area contributed by atoms with Gasteiger partial charge in [0.1, 0.15) is 0 Å². The Labute approximate surface area is 114 Å². The molecule has 19 heavy (non-hydrogen) atoms. The van der Waals surface area contributed by atoms with Crippen LogP contribution in [0.25, 0.3) is 0 Å². The first-order valence-electron chi connectivity index (χ1n) is 6.66. The van der Waals surface area contributed by atoms with Crippen molar-refractivity contribution in [2.75, 3.05) is 6.61 Å². The quantitative estimate of drug-likeness (QED) is 0.895. The standard InChI is InChI=1S/C15H21N3O/c1-11-7-12(2)15(13(3)8-11)10-18-9-14(16-17-18)5-4-6-19/h7-9,19H,4-6,10H2,1-3H3. The Morgan fingerprint density at radius 3 is 2.47 bits per heavy atom. The van der Waals surface area contributed by atoms with Crippen molar-refractivity contribution in [3.8, 4) is 0 Å². The predicted octanol–water partition coefficient (Wildman–Crippen LogP) is 2.18. The van der Waals surface area contributed by atoms with E-state index >= 15 is 0 Å². The molecule has 0 saturated heterocycles. The third kappa shape index (κ3) is 3.41. The van der Waals surface area contributed by atoms with E-state index in [9.17, 15) is 0 Å². The van der Waals surface area contributed by atoms with Gasteiger partial charge in [-0.2, -0.15) is 0 Å². The molecule has 0 radical (unpaired) electrons. The summed E-state index contributed by atoms with van der Waals surface area (Å²) in [6, 6.07) is 4.40. The van der Waals surface area contributed by atoms with Crippen LogP contribution in [-0.4, -0.2) is 26.7 Å². The zero-order chi connectivity index (χ0) is 13.8. The van der Waals surface area contributed by atoms with Crippen LogP contribution in [0, 0.1) is 20.8 Å². The molecule has 0 aliphatic heterocycles. The second kappa shape index (κ2) is 5.97. The van der Waals surface area contributed by atoms with Gasteiger partial charge in [-0.1, -0.05) is 22.9 Å². The third-order valence-electron chi connectivity index (χ3n) is 3.34. The second-order valence-electron chi connectivity index (χ2n) is 5.11. The minimum Gasteiger partial charge on any atom is -0.396 e. The van der Waals surface area contributed by atoms with E-state index in [0.717, 1.165) is 25.1 Å². The van der Waals surface area contributed by atoms with Gasteiger partial charge in [-0.25, -0.2) is 4.68 Å². The van der Waals surface area contributed by atoms with Crippen LogP contribution in [0.2, 0.25) is 0 Å². The number of aromatic nitrogens is 3. The lowest BCUT2D eigenvalue weighted by atomic mass is 10.00. The monoisotopic (exact) mass is 259 g/mol. The summed E-state index contributed by atoms with van der Waals surface area (Å²) in [7, 11) is 0. The fraction of sp³-hybridized carbons (Fsp3) is 0.467. The first kappa shape index (κ1) is 13.7. The average molecular weight is 259 g/mol. The Morgan fingerprint density at radius 2 is 1.84 bits per heavy atom. The van der Waals surface area contributed by atoms with Crippen LogP contribution in [-0.2, 0) is 13.0 Å². The van der Waals surface area contributed by atoms with Gasteiger partial charge in [0, 0.05) is 12.8 Å². The number of aliphatic hydroxyl groups excluding tert-OH is 1. The Hall–Kier alpha value is -1.68. The summed E-state index contributed by atoms with van der Waals surface area (Å²) in [5.74, 6) is 0. The molecule has 0 amide bonds. The molecule has 0 atom stereocenters. The smallest absolute Gasteiger partial charge is 0.0828 e. The number of hydrogen-bond donors (Lipinski definition) is 1. The lowest BCUT2D eigenvalue weighted by Crippen LogP contribution is -2.04. The summed E-state index contributed by atoms with van der Waals surface area (Å²) < 4.78 is 1.87. The molecular formula is C15H21N3O. The molecule has 1 N–H and O–H groups in total. The highest BCUT2D eigenvalue weighted by Gasteiger charge is 2.07. The minimum atomic E-state index is 0.197. The molecule has 4 heteroatoms. The van der Waals surface area contributed by atoms with Gasteiger partial charge in [0.25, 0.3) is 0 Å². The van der Waals surface area contributed by atoms with Crippen LogP contribution in [0.15, 0.2) is 18.3 Å². The Balaban J connectivity index is 2.15. The molecule has 102 valence electrons. The van der Waals surface area contributed by atoms with E-state index < -0.39 is 0 Å². The number of aliphatic hydroxyl groups is 1. The first-order valence-corrected chi connectivity index (χ1v) is 6.66. The maximum Gasteiger partial charge on any atom is 0.0828 e. The van der Waals surface area contributed by atoms with E-state index in [4.69, 9.17) is 5.11 Å². The summed E-state index contributed by atoms with van der Waals surface area (Å²) in [6.07, 6.45) is 3.48. The molecule has 2 aromatic rings. The van der Waals surface area contributed by atoms with E-state index in [1.165, 1.54) is 22.3 Å². The normalized spacial score (nSPS) is 10.9. The summed E-state index contributed by atoms with van der Waals surface area (Å²) in [6.45, 7) is 7.34. The van der Waals surface area contributed by atoms with Gasteiger partial charge >= 0.3 is 0 Å². The van der Waals surface area contributed by atoms with Gasteiger partial charge < -0.3 is 5.11 Å². The van der Waals surface area contributed by atoms with E-state index in [2.05, 4.69) is 43.2 Å². The molecule has 1 aromatic heterocycles. The summed E-state index contributed by atoms with van der Waals surface area (Å²) >= 11 is 0. The average Bonchev–Trinajstić information content (AvgIpc) is 2.79. The highest BCUT2D eigenvalue weighted by atomic mass is 16.2. The number of aryl methyl sites for hydroxylation is 4. The maximum absolute atomic E-state index is 8.81. The van der Waals surface area contributed by atoms with Crippen molar-refractivity contribution in [1.29, 1.82) is 0 Å². The molecule has 4 nitrogen and oxygen atoms in total. The number of nitrogens with zero attached hydrogens (tertiary/aromatic N) is 3. The number of benzene rings is 1. The molecule has 1 heterocycles. The van der Waals surface area contributed by atoms with Crippen LogP contribution in [0.4, 0.5) is 0 Å². The van der Waals surface area contributed by atoms with Crippen molar-refractivity contribution < 1.29 is 5.11 Å². The van der Waals surface area contributed by atoms with Crippen LogP contribution < -0.4 is 0 Å². The molecule has 1 aromatic carbocycles. The highest BCUT2D eigenvalue weighted by molar-refractivity contribution is 5.37. The van der Waals surface area contributed by atoms with Crippen LogP contribution in [0.5, 0.6) is 0 Å². The lowest BCUT2D eigenvalue weighted by molar-refractivity contribution is 0.288. The first-order chi connectivity index (χ1) is 9.10. The topological polar surface area (TPSA) is 50.9 Å². The molecule has 0 aliphatic carbocycles. The molecular weight excluding hydrogens is 238 g/mol. The van der Waals surface area contributed by atoms with Crippen molar-refractivity contribution in [2.45, 2.75) is 40.2 Å². The predicted molar refractivity (Wildman–Crippen MR) is 75.2 cm³/mol. The SMILES string of the molecule is Cc1cc(C)c(Cn2cc(CCCO)nn2)c(C)c1. The number of hydrogen-bond acceptors (Lipinski definition) is 3. The van der Waals surface area contributed by atoms with Crippen molar-refractivity contribution in [3.05, 3.63) is 46.3 Å². The van der Waals surface area contributed by atoms with Crippen molar-refractivity contribution >= 4 is 0 Å². The lowest BCUT2D eigenvalue weighted by Gasteiger charge is -2.10. The third-order valence-corrected chi connectivity index (χ3v) is 3.34. The van der Waals surface area contributed by atoms with Gasteiger partial charge in [0.15, 0.2) is 0 Å². The summed E-state index contributed by atoms with van der Waals surface area (Å²) in [5, 5.41) is 17.1. The molecule has 0 saturated carbocycles. The Morgan fingerprint density at radius 1 is 1.16 bits per heavy atom. The summed E-state index contributed by atoms with van der Waals surface area (Å²) in [5.41, 5.74) is 6.14. The van der Waals surface area contributed by atoms with Crippen molar-refractivity contribution in [3.63, 3.8) is 0 Å². The van der Waals surface area contributed by atoms with Gasteiger partial charge in [0.2, 0.25) is 0 Å². The maximum atomic E-state index is 8.81. The van der Waals surface area contributed by atoms with Crippen LogP contribution in [0.1, 0.15) is 34.4 Å². The van der Waals surface area contributed by atoms with E-state index in [1.807, 2.05) is 10.9 Å². The Bertz CT molecular complexity index is 537. The van der Waals surface area contributed by atoms with E-state index in [1.54, 1.807) is 0 Å². The summed E-state index contributed by atoms with van der Waals surface area (Å²) in [4.78, 5) is 0. The van der Waals surface area contributed by atoms with Crippen molar-refractivity contribution in [1.82, 2.24) is 15.0 Å².